The van der Waals surface area contributed by atoms with Crippen molar-refractivity contribution in [2.75, 3.05) is 0 Å². The van der Waals surface area contributed by atoms with Gasteiger partial charge in [0.05, 0.1) is 0 Å². The highest BCUT2D eigenvalue weighted by Crippen LogP contribution is 2.34. The second-order valence-electron chi connectivity index (χ2n) is 8.10. The minimum atomic E-state index is 0.431. The molecule has 0 saturated carbocycles. The van der Waals surface area contributed by atoms with E-state index in [9.17, 15) is 0 Å². The lowest BCUT2D eigenvalue weighted by Crippen LogP contribution is -2.11. The molecule has 0 aromatic heterocycles. The molecule has 0 fully saturated rings. The van der Waals surface area contributed by atoms with E-state index in [1.807, 2.05) is 0 Å². The van der Waals surface area contributed by atoms with Crippen LogP contribution in [0.4, 0.5) is 0 Å². The van der Waals surface area contributed by atoms with E-state index < -0.39 is 0 Å². The number of hydrogen-bond acceptors (Lipinski definition) is 0. The van der Waals surface area contributed by atoms with Crippen LogP contribution in [-0.2, 0) is 0 Å². The molecule has 0 aromatic carbocycles. The minimum Gasteiger partial charge on any atom is -0.0848 e. The standard InChI is InChI=1S/C10H18.C9H16/c1-10(2,3)9-7-5-4-6-8-9;1-9(2,3)8-6-4-5-7-8/h7H,4-6,8H2,1-3H3;6H,4-5,7H2,1-3H3. The molecule has 19 heavy (non-hydrogen) atoms. The highest BCUT2D eigenvalue weighted by Gasteiger charge is 2.18. The summed E-state index contributed by atoms with van der Waals surface area (Å²) in [6.07, 6.45) is 14.3. The van der Waals surface area contributed by atoms with Gasteiger partial charge in [0.2, 0.25) is 0 Å². The Bertz CT molecular complexity index is 328. The predicted octanol–water partition coefficient (Wildman–Crippen LogP) is 6.68. The summed E-state index contributed by atoms with van der Waals surface area (Å²) < 4.78 is 0. The normalized spacial score (nSPS) is 20.3. The lowest BCUT2D eigenvalue weighted by molar-refractivity contribution is 0.460. The first-order valence-corrected chi connectivity index (χ1v) is 8.10. The number of hydrogen-bond donors (Lipinski definition) is 0. The molecule has 0 N–H and O–H groups in total. The van der Waals surface area contributed by atoms with Crippen LogP contribution >= 0.6 is 0 Å². The third-order valence-electron chi connectivity index (χ3n) is 4.26. The van der Waals surface area contributed by atoms with Gasteiger partial charge in [-0.3, -0.25) is 0 Å². The Balaban J connectivity index is 0.000000191. The SMILES string of the molecule is CC(C)(C)C1=CCCC1.CC(C)(C)C1=CCCCC1. The van der Waals surface area contributed by atoms with Gasteiger partial charge in [0.15, 0.2) is 0 Å². The van der Waals surface area contributed by atoms with E-state index in [-0.39, 0.29) is 0 Å². The average molecular weight is 262 g/mol. The Morgan fingerprint density at radius 2 is 1.05 bits per heavy atom. The lowest BCUT2D eigenvalue weighted by atomic mass is 9.80. The Morgan fingerprint density at radius 3 is 1.32 bits per heavy atom. The van der Waals surface area contributed by atoms with Crippen LogP contribution in [0.25, 0.3) is 0 Å². The first-order chi connectivity index (χ1) is 8.71. The van der Waals surface area contributed by atoms with Crippen LogP contribution < -0.4 is 0 Å². The molecule has 0 aromatic rings. The van der Waals surface area contributed by atoms with E-state index in [2.05, 4.69) is 53.7 Å². The molecule has 0 radical (unpaired) electrons. The molecule has 0 bridgehead atoms. The number of rotatable bonds is 0. The molecule has 2 aliphatic rings. The van der Waals surface area contributed by atoms with E-state index in [4.69, 9.17) is 0 Å². The highest BCUT2D eigenvalue weighted by atomic mass is 14.2. The Labute approximate surface area is 121 Å². The summed E-state index contributed by atoms with van der Waals surface area (Å²) >= 11 is 0. The first-order valence-electron chi connectivity index (χ1n) is 8.10. The molecular weight excluding hydrogens is 228 g/mol. The zero-order valence-corrected chi connectivity index (χ0v) is 14.1. The van der Waals surface area contributed by atoms with Crippen LogP contribution in [0.15, 0.2) is 23.3 Å². The summed E-state index contributed by atoms with van der Waals surface area (Å²) in [5.41, 5.74) is 4.19. The summed E-state index contributed by atoms with van der Waals surface area (Å²) in [5.74, 6) is 0. The van der Waals surface area contributed by atoms with Crippen molar-refractivity contribution in [3.63, 3.8) is 0 Å². The van der Waals surface area contributed by atoms with Crippen molar-refractivity contribution in [3.05, 3.63) is 23.3 Å². The van der Waals surface area contributed by atoms with Crippen molar-refractivity contribution < 1.29 is 0 Å². The van der Waals surface area contributed by atoms with Gasteiger partial charge in [-0.25, -0.2) is 0 Å². The summed E-state index contributed by atoms with van der Waals surface area (Å²) in [6, 6.07) is 0. The Hall–Kier alpha value is -0.520. The monoisotopic (exact) mass is 262 g/mol. The van der Waals surface area contributed by atoms with Crippen LogP contribution in [0.2, 0.25) is 0 Å². The van der Waals surface area contributed by atoms with Crippen molar-refractivity contribution in [3.8, 4) is 0 Å². The first kappa shape index (κ1) is 16.5. The fourth-order valence-corrected chi connectivity index (χ4v) is 2.87. The third-order valence-corrected chi connectivity index (χ3v) is 4.26. The van der Waals surface area contributed by atoms with Crippen molar-refractivity contribution in [1.82, 2.24) is 0 Å². The maximum Gasteiger partial charge on any atom is -0.0173 e. The van der Waals surface area contributed by atoms with Crippen molar-refractivity contribution in [2.45, 2.75) is 86.5 Å². The van der Waals surface area contributed by atoms with Gasteiger partial charge in [-0.15, -0.1) is 0 Å². The molecule has 0 aliphatic heterocycles. The summed E-state index contributed by atoms with van der Waals surface area (Å²) in [4.78, 5) is 0. The van der Waals surface area contributed by atoms with Gasteiger partial charge in [0.25, 0.3) is 0 Å². The molecule has 0 heterocycles. The van der Waals surface area contributed by atoms with E-state index in [1.54, 1.807) is 11.1 Å². The molecule has 0 heteroatoms. The third kappa shape index (κ3) is 5.97. The van der Waals surface area contributed by atoms with Crippen LogP contribution in [0, 0.1) is 10.8 Å². The molecule has 110 valence electrons. The van der Waals surface area contributed by atoms with Gasteiger partial charge in [0, 0.05) is 0 Å². The predicted molar refractivity (Wildman–Crippen MR) is 87.4 cm³/mol. The summed E-state index contributed by atoms with van der Waals surface area (Å²) in [5, 5.41) is 0. The van der Waals surface area contributed by atoms with E-state index >= 15 is 0 Å². The van der Waals surface area contributed by atoms with E-state index in [0.29, 0.717) is 10.8 Å². The molecule has 2 rings (SSSR count). The Morgan fingerprint density at radius 1 is 0.632 bits per heavy atom. The fraction of sp³-hybridized carbons (Fsp3) is 0.789. The molecule has 0 saturated heterocycles. The largest absolute Gasteiger partial charge is 0.0848 e. The quantitative estimate of drug-likeness (QED) is 0.427. The van der Waals surface area contributed by atoms with Crippen molar-refractivity contribution >= 4 is 0 Å². The molecule has 0 amide bonds. The summed E-state index contributed by atoms with van der Waals surface area (Å²) in [7, 11) is 0. The molecular formula is C19H34. The molecule has 0 atom stereocenters. The topological polar surface area (TPSA) is 0 Å². The van der Waals surface area contributed by atoms with Gasteiger partial charge in [-0.05, 0) is 55.8 Å². The second kappa shape index (κ2) is 6.77. The lowest BCUT2D eigenvalue weighted by Gasteiger charge is -2.25. The van der Waals surface area contributed by atoms with E-state index in [1.165, 1.54) is 44.9 Å². The van der Waals surface area contributed by atoms with Crippen LogP contribution in [0.1, 0.15) is 86.5 Å². The van der Waals surface area contributed by atoms with Gasteiger partial charge in [0.1, 0.15) is 0 Å². The highest BCUT2D eigenvalue weighted by molar-refractivity contribution is 5.14. The van der Waals surface area contributed by atoms with Gasteiger partial charge in [-0.1, -0.05) is 64.8 Å². The van der Waals surface area contributed by atoms with Crippen molar-refractivity contribution in [1.29, 1.82) is 0 Å². The van der Waals surface area contributed by atoms with Gasteiger partial charge < -0.3 is 0 Å². The molecule has 0 nitrogen and oxygen atoms in total. The minimum absolute atomic E-state index is 0.431. The summed E-state index contributed by atoms with van der Waals surface area (Å²) in [6.45, 7) is 13.8. The van der Waals surface area contributed by atoms with Gasteiger partial charge in [-0.2, -0.15) is 0 Å². The van der Waals surface area contributed by atoms with Crippen LogP contribution in [0.3, 0.4) is 0 Å². The Kier molecular flexibility index (Phi) is 5.89. The molecule has 0 unspecified atom stereocenters. The second-order valence-corrected chi connectivity index (χ2v) is 8.10. The van der Waals surface area contributed by atoms with Gasteiger partial charge >= 0.3 is 0 Å². The maximum absolute atomic E-state index is 2.43. The van der Waals surface area contributed by atoms with Crippen LogP contribution in [0.5, 0.6) is 0 Å². The van der Waals surface area contributed by atoms with Crippen molar-refractivity contribution in [2.24, 2.45) is 10.8 Å². The number of allylic oxidation sites excluding steroid dienone is 4. The van der Waals surface area contributed by atoms with Crippen LogP contribution in [-0.4, -0.2) is 0 Å². The smallest absolute Gasteiger partial charge is 0.0173 e. The average Bonchev–Trinajstić information content (AvgIpc) is 2.83. The zero-order valence-electron chi connectivity index (χ0n) is 14.1. The fourth-order valence-electron chi connectivity index (χ4n) is 2.87. The molecule has 0 spiro atoms. The molecule has 2 aliphatic carbocycles. The zero-order chi connectivity index (χ0) is 14.5. The van der Waals surface area contributed by atoms with E-state index in [0.717, 1.165) is 0 Å². The maximum atomic E-state index is 2.43.